The van der Waals surface area contributed by atoms with Gasteiger partial charge in [-0.3, -0.25) is 5.01 Å². The number of nitrogens with one attached hydrogen (secondary N) is 1. The highest BCUT2D eigenvalue weighted by molar-refractivity contribution is 6.04. The molecule has 5 heteroatoms. The molecule has 0 bridgehead atoms. The van der Waals surface area contributed by atoms with Crippen LogP contribution in [0.25, 0.3) is 0 Å². The summed E-state index contributed by atoms with van der Waals surface area (Å²) >= 11 is 0. The van der Waals surface area contributed by atoms with Crippen LogP contribution < -0.4 is 16.1 Å². The van der Waals surface area contributed by atoms with Gasteiger partial charge in [-0.2, -0.15) is 5.10 Å². The number of nitrogens with two attached hydrogens (primary N) is 1. The Morgan fingerprint density at radius 2 is 1.81 bits per heavy atom. The van der Waals surface area contributed by atoms with Crippen LogP contribution in [0.3, 0.4) is 0 Å². The molecule has 2 aromatic rings. The summed E-state index contributed by atoms with van der Waals surface area (Å²) in [6, 6.07) is 15.4. The normalized spacial score (nSPS) is 11.0. The fourth-order valence-electron chi connectivity index (χ4n) is 2.02. The van der Waals surface area contributed by atoms with E-state index in [9.17, 15) is 0 Å². The number of rotatable bonds is 5. The van der Waals surface area contributed by atoms with Crippen LogP contribution in [-0.2, 0) is 0 Å². The molecule has 0 heterocycles. The predicted octanol–water partition coefficient (Wildman–Crippen LogP) is 2.82. The molecule has 3 N–H and O–H groups in total. The zero-order chi connectivity index (χ0) is 15.2. The van der Waals surface area contributed by atoms with Crippen LogP contribution in [-0.4, -0.2) is 26.6 Å². The van der Waals surface area contributed by atoms with Crippen molar-refractivity contribution in [1.29, 1.82) is 0 Å². The highest BCUT2D eigenvalue weighted by atomic mass is 15.4. The Bertz CT molecular complexity index is 663. The van der Waals surface area contributed by atoms with E-state index in [0.717, 1.165) is 22.6 Å². The maximum Gasteiger partial charge on any atom is 0.133 e. The van der Waals surface area contributed by atoms with Gasteiger partial charge in [0.2, 0.25) is 0 Å². The van der Waals surface area contributed by atoms with Crippen LogP contribution in [0.2, 0.25) is 0 Å². The molecule has 0 saturated carbocycles. The molecule has 0 unspecified atom stereocenters. The molecule has 21 heavy (non-hydrogen) atoms. The van der Waals surface area contributed by atoms with Gasteiger partial charge in [0.1, 0.15) is 5.84 Å². The van der Waals surface area contributed by atoms with Crippen molar-refractivity contribution in [1.82, 2.24) is 0 Å². The maximum atomic E-state index is 6.16. The lowest BCUT2D eigenvalue weighted by Gasteiger charge is -2.15. The molecule has 0 aliphatic carbocycles. The van der Waals surface area contributed by atoms with Crippen LogP contribution >= 0.6 is 0 Å². The molecule has 0 spiro atoms. The second kappa shape index (κ2) is 6.56. The van der Waals surface area contributed by atoms with Gasteiger partial charge >= 0.3 is 0 Å². The van der Waals surface area contributed by atoms with Crippen LogP contribution in [0.1, 0.15) is 5.56 Å². The van der Waals surface area contributed by atoms with Crippen molar-refractivity contribution < 1.29 is 0 Å². The number of amidine groups is 1. The van der Waals surface area contributed by atoms with E-state index >= 15 is 0 Å². The molecule has 0 aliphatic heterocycles. The third kappa shape index (κ3) is 3.20. The van der Waals surface area contributed by atoms with Gasteiger partial charge in [-0.25, -0.2) is 4.99 Å². The van der Waals surface area contributed by atoms with Gasteiger partial charge in [-0.1, -0.05) is 24.3 Å². The number of aliphatic imine (C=N–C) groups is 1. The lowest BCUT2D eigenvalue weighted by atomic mass is 10.1. The number of hydrogen-bond donors (Lipinski definition) is 2. The van der Waals surface area contributed by atoms with E-state index in [2.05, 4.69) is 22.1 Å². The van der Waals surface area contributed by atoms with Crippen molar-refractivity contribution in [3.8, 4) is 0 Å². The Balaban J connectivity index is 2.46. The van der Waals surface area contributed by atoms with Crippen LogP contribution in [0, 0.1) is 0 Å². The van der Waals surface area contributed by atoms with Crippen molar-refractivity contribution in [2.45, 2.75) is 0 Å². The molecule has 0 aliphatic rings. The number of nitrogens with zero attached hydrogens (tertiary/aromatic N) is 3. The maximum absolute atomic E-state index is 6.16. The fourth-order valence-corrected chi connectivity index (χ4v) is 2.02. The highest BCUT2D eigenvalue weighted by Gasteiger charge is 2.08. The Hall–Kier alpha value is -2.82. The molecule has 5 nitrogen and oxygen atoms in total. The van der Waals surface area contributed by atoms with E-state index in [4.69, 9.17) is 5.73 Å². The van der Waals surface area contributed by atoms with Crippen LogP contribution in [0.15, 0.2) is 58.6 Å². The summed E-state index contributed by atoms with van der Waals surface area (Å²) in [6.07, 6.45) is 0. The third-order valence-electron chi connectivity index (χ3n) is 3.16. The van der Waals surface area contributed by atoms with E-state index in [0.29, 0.717) is 5.84 Å². The standard InChI is InChI=1S/C16H19N5/c1-18-13-9-5-4-8-12(13)16(17)20-14-10-6-7-11-15(14)21(3)19-2/h4-11,18H,2H2,1,3H3,(H2,17,20). The van der Waals surface area contributed by atoms with Gasteiger partial charge in [-0.05, 0) is 24.3 Å². The van der Waals surface area contributed by atoms with Crippen molar-refractivity contribution in [3.05, 3.63) is 54.1 Å². The Morgan fingerprint density at radius 3 is 2.52 bits per heavy atom. The van der Waals surface area contributed by atoms with E-state index in [1.807, 2.05) is 62.6 Å². The summed E-state index contributed by atoms with van der Waals surface area (Å²) in [7, 11) is 3.68. The second-order valence-electron chi connectivity index (χ2n) is 4.45. The first-order chi connectivity index (χ1) is 10.2. The molecule has 0 aromatic heterocycles. The van der Waals surface area contributed by atoms with E-state index in [-0.39, 0.29) is 0 Å². The minimum atomic E-state index is 0.449. The molecular weight excluding hydrogens is 262 g/mol. The zero-order valence-electron chi connectivity index (χ0n) is 12.2. The zero-order valence-corrected chi connectivity index (χ0v) is 12.2. The SMILES string of the molecule is C=NN(C)c1ccccc1N=C(N)c1ccccc1NC. The largest absolute Gasteiger partial charge is 0.388 e. The average Bonchev–Trinajstić information content (AvgIpc) is 2.54. The Kier molecular flexibility index (Phi) is 4.56. The molecule has 0 radical (unpaired) electrons. The first kappa shape index (κ1) is 14.6. The third-order valence-corrected chi connectivity index (χ3v) is 3.16. The number of para-hydroxylation sites is 3. The number of benzene rings is 2. The molecule has 0 fully saturated rings. The molecule has 2 rings (SSSR count). The van der Waals surface area contributed by atoms with Gasteiger partial charge in [0, 0.05) is 32.1 Å². The summed E-state index contributed by atoms with van der Waals surface area (Å²) in [5, 5.41) is 8.67. The predicted molar refractivity (Wildman–Crippen MR) is 90.8 cm³/mol. The Labute approximate surface area is 124 Å². The lowest BCUT2D eigenvalue weighted by Crippen LogP contribution is -2.15. The van der Waals surface area contributed by atoms with Gasteiger partial charge in [-0.15, -0.1) is 0 Å². The van der Waals surface area contributed by atoms with E-state index < -0.39 is 0 Å². The lowest BCUT2D eigenvalue weighted by molar-refractivity contribution is 1.03. The molecule has 0 atom stereocenters. The van der Waals surface area contributed by atoms with Gasteiger partial charge < -0.3 is 11.1 Å². The van der Waals surface area contributed by atoms with E-state index in [1.54, 1.807) is 5.01 Å². The van der Waals surface area contributed by atoms with Gasteiger partial charge in [0.15, 0.2) is 0 Å². The number of anilines is 2. The Morgan fingerprint density at radius 1 is 1.14 bits per heavy atom. The summed E-state index contributed by atoms with van der Waals surface area (Å²) in [5.74, 6) is 0.449. The molecule has 0 amide bonds. The highest BCUT2D eigenvalue weighted by Crippen LogP contribution is 2.28. The average molecular weight is 281 g/mol. The van der Waals surface area contributed by atoms with Crippen molar-refractivity contribution >= 4 is 29.6 Å². The minimum Gasteiger partial charge on any atom is -0.388 e. The minimum absolute atomic E-state index is 0.449. The van der Waals surface area contributed by atoms with Crippen molar-refractivity contribution in [2.75, 3.05) is 24.4 Å². The topological polar surface area (TPSA) is 66.0 Å². The summed E-state index contributed by atoms with van der Waals surface area (Å²) in [5.41, 5.74) is 9.55. The van der Waals surface area contributed by atoms with Crippen LogP contribution in [0.4, 0.5) is 17.1 Å². The molecule has 108 valence electrons. The van der Waals surface area contributed by atoms with E-state index in [1.165, 1.54) is 0 Å². The number of hydrazone groups is 1. The van der Waals surface area contributed by atoms with Gasteiger partial charge in [0.25, 0.3) is 0 Å². The van der Waals surface area contributed by atoms with Crippen molar-refractivity contribution in [2.24, 2.45) is 15.8 Å². The quantitative estimate of drug-likeness (QED) is 0.503. The monoisotopic (exact) mass is 281 g/mol. The number of hydrogen-bond acceptors (Lipinski definition) is 4. The first-order valence-corrected chi connectivity index (χ1v) is 6.58. The fraction of sp³-hybridized carbons (Fsp3) is 0.125. The summed E-state index contributed by atoms with van der Waals surface area (Å²) in [6.45, 7) is 3.53. The van der Waals surface area contributed by atoms with Crippen molar-refractivity contribution in [3.63, 3.8) is 0 Å². The van der Waals surface area contributed by atoms with Crippen LogP contribution in [0.5, 0.6) is 0 Å². The molecule has 0 saturated heterocycles. The summed E-state index contributed by atoms with van der Waals surface area (Å²) in [4.78, 5) is 4.53. The summed E-state index contributed by atoms with van der Waals surface area (Å²) < 4.78 is 0. The molecular formula is C16H19N5. The molecule has 2 aromatic carbocycles. The second-order valence-corrected chi connectivity index (χ2v) is 4.45. The first-order valence-electron chi connectivity index (χ1n) is 6.58. The smallest absolute Gasteiger partial charge is 0.133 e. The van der Waals surface area contributed by atoms with Gasteiger partial charge in [0.05, 0.1) is 11.4 Å².